The summed E-state index contributed by atoms with van der Waals surface area (Å²) < 4.78 is 0. The van der Waals surface area contributed by atoms with Gasteiger partial charge in [0.05, 0.1) is 12.2 Å². The third-order valence-electron chi connectivity index (χ3n) is 3.37. The van der Waals surface area contributed by atoms with Crippen molar-refractivity contribution in [3.8, 4) is 0 Å². The van der Waals surface area contributed by atoms with E-state index in [1.807, 2.05) is 62.4 Å². The summed E-state index contributed by atoms with van der Waals surface area (Å²) in [6.45, 7) is 4.02. The summed E-state index contributed by atoms with van der Waals surface area (Å²) in [6, 6.07) is 15.5. The van der Waals surface area contributed by atoms with Crippen LogP contribution in [0.4, 0.5) is 0 Å². The molecule has 0 radical (unpaired) electrons. The van der Waals surface area contributed by atoms with Crippen LogP contribution in [0.25, 0.3) is 0 Å². The van der Waals surface area contributed by atoms with Gasteiger partial charge in [-0.3, -0.25) is 0 Å². The van der Waals surface area contributed by atoms with E-state index in [1.165, 1.54) is 0 Å². The zero-order chi connectivity index (χ0) is 13.8. The molecule has 0 spiro atoms. The molecule has 0 aliphatic carbocycles. The second kappa shape index (κ2) is 6.00. The lowest BCUT2D eigenvalue weighted by Gasteiger charge is -2.16. The van der Waals surface area contributed by atoms with E-state index in [2.05, 4.69) is 0 Å². The Labute approximate surface area is 114 Å². The maximum absolute atomic E-state index is 10.1. The van der Waals surface area contributed by atoms with Gasteiger partial charge in [-0.2, -0.15) is 0 Å². The molecule has 0 aromatic heterocycles. The molecule has 0 bridgehead atoms. The van der Waals surface area contributed by atoms with Gasteiger partial charge in [0, 0.05) is 6.42 Å². The first-order chi connectivity index (χ1) is 9.06. The molecule has 0 heterocycles. The number of aliphatic hydroxyl groups is 2. The van der Waals surface area contributed by atoms with E-state index in [0.717, 1.165) is 22.3 Å². The van der Waals surface area contributed by atoms with Crippen LogP contribution in [0.1, 0.15) is 40.9 Å². The van der Waals surface area contributed by atoms with Gasteiger partial charge in [0.25, 0.3) is 0 Å². The molecule has 0 saturated carbocycles. The highest BCUT2D eigenvalue weighted by molar-refractivity contribution is 5.25. The number of hydrogen-bond acceptors (Lipinski definition) is 2. The average Bonchev–Trinajstić information content (AvgIpc) is 2.40. The highest BCUT2D eigenvalue weighted by Gasteiger charge is 2.15. The van der Waals surface area contributed by atoms with E-state index in [1.54, 1.807) is 0 Å². The summed E-state index contributed by atoms with van der Waals surface area (Å²) in [4.78, 5) is 0. The number of aliphatic hydroxyl groups excluding tert-OH is 2. The summed E-state index contributed by atoms with van der Waals surface area (Å²) in [5.74, 6) is 0. The second-order valence-corrected chi connectivity index (χ2v) is 5.09. The molecule has 0 aliphatic heterocycles. The van der Waals surface area contributed by atoms with E-state index in [0.29, 0.717) is 6.42 Å². The van der Waals surface area contributed by atoms with Crippen LogP contribution in [-0.2, 0) is 0 Å². The predicted molar refractivity (Wildman–Crippen MR) is 76.9 cm³/mol. The standard InChI is InChI=1S/C17H20O2/c1-12-3-7-14(8-4-12)16(18)11-17(19)15-9-5-13(2)6-10-15/h3-10,16-19H,11H2,1-2H3/t16-,17+. The van der Waals surface area contributed by atoms with Gasteiger partial charge in [-0.25, -0.2) is 0 Å². The van der Waals surface area contributed by atoms with Crippen molar-refractivity contribution in [2.45, 2.75) is 32.5 Å². The van der Waals surface area contributed by atoms with Crippen LogP contribution in [0.2, 0.25) is 0 Å². The Balaban J connectivity index is 2.03. The molecule has 0 fully saturated rings. The molecule has 0 amide bonds. The first-order valence-electron chi connectivity index (χ1n) is 6.55. The molecular formula is C17H20O2. The minimum Gasteiger partial charge on any atom is -0.388 e. The topological polar surface area (TPSA) is 40.5 Å². The van der Waals surface area contributed by atoms with Gasteiger partial charge in [0.2, 0.25) is 0 Å². The van der Waals surface area contributed by atoms with Crippen LogP contribution in [0.5, 0.6) is 0 Å². The van der Waals surface area contributed by atoms with Gasteiger partial charge >= 0.3 is 0 Å². The normalized spacial score (nSPS) is 14.1. The van der Waals surface area contributed by atoms with Crippen molar-refractivity contribution in [2.24, 2.45) is 0 Å². The number of hydrogen-bond donors (Lipinski definition) is 2. The molecule has 2 rings (SSSR count). The smallest absolute Gasteiger partial charge is 0.0818 e. The first-order valence-corrected chi connectivity index (χ1v) is 6.55. The van der Waals surface area contributed by atoms with Crippen molar-refractivity contribution in [3.05, 3.63) is 70.8 Å². The lowest BCUT2D eigenvalue weighted by atomic mass is 9.98. The maximum atomic E-state index is 10.1. The van der Waals surface area contributed by atoms with E-state index in [-0.39, 0.29) is 0 Å². The van der Waals surface area contributed by atoms with Crippen molar-refractivity contribution >= 4 is 0 Å². The van der Waals surface area contributed by atoms with Gasteiger partial charge in [-0.1, -0.05) is 59.7 Å². The van der Waals surface area contributed by atoms with Crippen molar-refractivity contribution in [1.29, 1.82) is 0 Å². The summed E-state index contributed by atoms with van der Waals surface area (Å²) in [6.07, 6.45) is -0.972. The molecular weight excluding hydrogens is 236 g/mol. The first kappa shape index (κ1) is 13.8. The molecule has 2 atom stereocenters. The van der Waals surface area contributed by atoms with E-state index < -0.39 is 12.2 Å². The van der Waals surface area contributed by atoms with E-state index in [4.69, 9.17) is 0 Å². The lowest BCUT2D eigenvalue weighted by Crippen LogP contribution is -2.05. The summed E-state index contributed by atoms with van der Waals surface area (Å²) in [7, 11) is 0. The Morgan fingerprint density at radius 3 is 1.32 bits per heavy atom. The van der Waals surface area contributed by atoms with Gasteiger partial charge in [0.1, 0.15) is 0 Å². The number of benzene rings is 2. The van der Waals surface area contributed by atoms with E-state index >= 15 is 0 Å². The minimum absolute atomic E-state index is 0.312. The molecule has 0 aliphatic rings. The van der Waals surface area contributed by atoms with Crippen molar-refractivity contribution in [1.82, 2.24) is 0 Å². The molecule has 2 aromatic carbocycles. The SMILES string of the molecule is Cc1ccc([C@H](O)C[C@H](O)c2ccc(C)cc2)cc1. The highest BCUT2D eigenvalue weighted by Crippen LogP contribution is 2.26. The van der Waals surface area contributed by atoms with E-state index in [9.17, 15) is 10.2 Å². The molecule has 0 saturated heterocycles. The number of aryl methyl sites for hydroxylation is 2. The van der Waals surface area contributed by atoms with Gasteiger partial charge < -0.3 is 10.2 Å². The van der Waals surface area contributed by atoms with Crippen molar-refractivity contribution < 1.29 is 10.2 Å². The Morgan fingerprint density at radius 1 is 0.684 bits per heavy atom. The molecule has 2 aromatic rings. The van der Waals surface area contributed by atoms with Crippen molar-refractivity contribution in [2.75, 3.05) is 0 Å². The largest absolute Gasteiger partial charge is 0.388 e. The Kier molecular flexibility index (Phi) is 4.35. The lowest BCUT2D eigenvalue weighted by molar-refractivity contribution is 0.0804. The average molecular weight is 256 g/mol. The van der Waals surface area contributed by atoms with Crippen LogP contribution in [0.3, 0.4) is 0 Å². The zero-order valence-electron chi connectivity index (χ0n) is 11.4. The quantitative estimate of drug-likeness (QED) is 0.879. The van der Waals surface area contributed by atoms with Gasteiger partial charge in [-0.05, 0) is 25.0 Å². The van der Waals surface area contributed by atoms with Crippen LogP contribution in [0.15, 0.2) is 48.5 Å². The molecule has 2 N–H and O–H groups in total. The molecule has 2 heteroatoms. The van der Waals surface area contributed by atoms with Crippen LogP contribution in [-0.4, -0.2) is 10.2 Å². The third-order valence-corrected chi connectivity index (χ3v) is 3.37. The fourth-order valence-corrected chi connectivity index (χ4v) is 2.06. The van der Waals surface area contributed by atoms with Crippen molar-refractivity contribution in [3.63, 3.8) is 0 Å². The van der Waals surface area contributed by atoms with Crippen LogP contribution >= 0.6 is 0 Å². The third kappa shape index (κ3) is 3.66. The second-order valence-electron chi connectivity index (χ2n) is 5.09. The molecule has 2 nitrogen and oxygen atoms in total. The van der Waals surface area contributed by atoms with Crippen LogP contribution in [0, 0.1) is 13.8 Å². The summed E-state index contributed by atoms with van der Waals surface area (Å²) >= 11 is 0. The Morgan fingerprint density at radius 2 is 1.00 bits per heavy atom. The maximum Gasteiger partial charge on any atom is 0.0818 e. The minimum atomic E-state index is -0.642. The fourth-order valence-electron chi connectivity index (χ4n) is 2.06. The monoisotopic (exact) mass is 256 g/mol. The van der Waals surface area contributed by atoms with Crippen LogP contribution < -0.4 is 0 Å². The highest BCUT2D eigenvalue weighted by atomic mass is 16.3. The number of rotatable bonds is 4. The zero-order valence-corrected chi connectivity index (χ0v) is 11.4. The predicted octanol–water partition coefficient (Wildman–Crippen LogP) is 3.46. The molecule has 19 heavy (non-hydrogen) atoms. The molecule has 0 unspecified atom stereocenters. The van der Waals surface area contributed by atoms with Gasteiger partial charge in [0.15, 0.2) is 0 Å². The molecule has 100 valence electrons. The Hall–Kier alpha value is -1.64. The fraction of sp³-hybridized carbons (Fsp3) is 0.294. The summed E-state index contributed by atoms with van der Waals surface area (Å²) in [5.41, 5.74) is 4.01. The van der Waals surface area contributed by atoms with Gasteiger partial charge in [-0.15, -0.1) is 0 Å². The summed E-state index contributed by atoms with van der Waals surface area (Å²) in [5, 5.41) is 20.3. The Bertz CT molecular complexity index is 464.